The van der Waals surface area contributed by atoms with E-state index in [2.05, 4.69) is 243 Å². The Bertz CT molecular complexity index is 2900. The number of hydrogen-bond donors (Lipinski definition) is 0. The Morgan fingerprint density at radius 1 is 0.339 bits per heavy atom. The van der Waals surface area contributed by atoms with Crippen molar-refractivity contribution in [2.24, 2.45) is 0 Å². The van der Waals surface area contributed by atoms with Crippen molar-refractivity contribution in [3.63, 3.8) is 0 Å². The van der Waals surface area contributed by atoms with Gasteiger partial charge >= 0.3 is 0 Å². The fourth-order valence-corrected chi connectivity index (χ4v) is 10.4. The third kappa shape index (κ3) is 5.25. The van der Waals surface area contributed by atoms with Gasteiger partial charge in [-0.05, 0) is 79.4 Å². The molecule has 0 unspecified atom stereocenters. The van der Waals surface area contributed by atoms with Gasteiger partial charge in [-0.3, -0.25) is 0 Å². The Balaban J connectivity index is 1.28. The Labute approximate surface area is 347 Å². The van der Waals surface area contributed by atoms with Crippen LogP contribution in [0.4, 0.5) is 17.1 Å². The van der Waals surface area contributed by atoms with E-state index in [0.717, 1.165) is 17.1 Å². The van der Waals surface area contributed by atoms with Crippen LogP contribution in [0.25, 0.3) is 44.5 Å². The van der Waals surface area contributed by atoms with Crippen molar-refractivity contribution in [1.82, 2.24) is 0 Å². The molecule has 0 atom stereocenters. The molecule has 280 valence electrons. The van der Waals surface area contributed by atoms with E-state index in [-0.39, 0.29) is 5.41 Å². The second-order valence-electron chi connectivity index (χ2n) is 16.4. The number of fused-ring (bicyclic) bond motifs is 6. The second-order valence-corrected chi connectivity index (χ2v) is 16.4. The molecule has 0 saturated heterocycles. The number of nitrogens with zero attached hydrogens (tertiary/aromatic N) is 1. The number of para-hydroxylation sites is 1. The standard InChI is InChI=1S/C58H43N/c1-57(2)50-33-17-15-29-47(50)48-38-37-44(39-53(48)57)59(56-45(40-21-7-3-8-22-40)31-19-32-46(56)41-23-9-4-10-24-41)54-36-20-35-52-55(54)49-30-16-18-34-51(49)58(52,42-25-11-5-12-26-42)43-27-13-6-14-28-43/h3-39H,1-2H3. The predicted molar refractivity (Wildman–Crippen MR) is 247 cm³/mol. The molecule has 0 bridgehead atoms. The van der Waals surface area contributed by atoms with Crippen LogP contribution in [0.15, 0.2) is 224 Å². The number of hydrogen-bond acceptors (Lipinski definition) is 1. The summed E-state index contributed by atoms with van der Waals surface area (Å²) >= 11 is 0. The Morgan fingerprint density at radius 2 is 0.797 bits per heavy atom. The van der Waals surface area contributed by atoms with E-state index >= 15 is 0 Å². The zero-order valence-corrected chi connectivity index (χ0v) is 33.3. The lowest BCUT2D eigenvalue weighted by Crippen LogP contribution is -2.28. The van der Waals surface area contributed by atoms with Crippen LogP contribution in [0.2, 0.25) is 0 Å². The van der Waals surface area contributed by atoms with Crippen molar-refractivity contribution in [2.45, 2.75) is 24.7 Å². The minimum atomic E-state index is -0.529. The maximum Gasteiger partial charge on any atom is 0.0714 e. The largest absolute Gasteiger partial charge is 0.309 e. The molecule has 59 heavy (non-hydrogen) atoms. The average molecular weight is 754 g/mol. The van der Waals surface area contributed by atoms with Crippen LogP contribution in [0.5, 0.6) is 0 Å². The summed E-state index contributed by atoms with van der Waals surface area (Å²) in [6.45, 7) is 4.76. The van der Waals surface area contributed by atoms with E-state index in [1.54, 1.807) is 0 Å². The molecular weight excluding hydrogens is 711 g/mol. The van der Waals surface area contributed by atoms with Crippen molar-refractivity contribution in [3.8, 4) is 44.5 Å². The molecule has 2 aliphatic carbocycles. The quantitative estimate of drug-likeness (QED) is 0.157. The average Bonchev–Trinajstić information content (AvgIpc) is 3.74. The maximum absolute atomic E-state index is 2.59. The van der Waals surface area contributed by atoms with Crippen molar-refractivity contribution in [1.29, 1.82) is 0 Å². The zero-order chi connectivity index (χ0) is 39.6. The highest BCUT2D eigenvalue weighted by molar-refractivity contribution is 6.03. The highest BCUT2D eigenvalue weighted by Crippen LogP contribution is 2.61. The maximum atomic E-state index is 2.59. The van der Waals surface area contributed by atoms with Gasteiger partial charge in [0.05, 0.1) is 16.8 Å². The third-order valence-corrected chi connectivity index (χ3v) is 13.0. The molecule has 2 aliphatic rings. The molecule has 1 nitrogen and oxygen atoms in total. The topological polar surface area (TPSA) is 3.24 Å². The summed E-state index contributed by atoms with van der Waals surface area (Å²) in [5.74, 6) is 0. The van der Waals surface area contributed by atoms with Crippen molar-refractivity contribution in [3.05, 3.63) is 258 Å². The van der Waals surface area contributed by atoms with Crippen LogP contribution >= 0.6 is 0 Å². The molecule has 0 aliphatic heterocycles. The first-order valence-corrected chi connectivity index (χ1v) is 20.7. The first-order chi connectivity index (χ1) is 29.1. The van der Waals surface area contributed by atoms with Gasteiger partial charge in [0.1, 0.15) is 0 Å². The van der Waals surface area contributed by atoms with Gasteiger partial charge in [-0.1, -0.05) is 220 Å². The van der Waals surface area contributed by atoms with Gasteiger partial charge in [0.15, 0.2) is 0 Å². The molecule has 0 fully saturated rings. The van der Waals surface area contributed by atoms with Crippen LogP contribution < -0.4 is 4.90 Å². The third-order valence-electron chi connectivity index (χ3n) is 13.0. The second kappa shape index (κ2) is 13.7. The lowest BCUT2D eigenvalue weighted by molar-refractivity contribution is 0.660. The smallest absolute Gasteiger partial charge is 0.0714 e. The van der Waals surface area contributed by atoms with E-state index < -0.39 is 5.41 Å². The monoisotopic (exact) mass is 753 g/mol. The molecule has 9 aromatic rings. The lowest BCUT2D eigenvalue weighted by Gasteiger charge is -2.35. The van der Waals surface area contributed by atoms with E-state index in [9.17, 15) is 0 Å². The molecule has 0 saturated carbocycles. The predicted octanol–water partition coefficient (Wildman–Crippen LogP) is 15.2. The van der Waals surface area contributed by atoms with Gasteiger partial charge in [0.25, 0.3) is 0 Å². The van der Waals surface area contributed by atoms with Crippen LogP contribution in [0.3, 0.4) is 0 Å². The fraction of sp³-hybridized carbons (Fsp3) is 0.0690. The van der Waals surface area contributed by atoms with E-state index in [4.69, 9.17) is 0 Å². The minimum absolute atomic E-state index is 0.171. The SMILES string of the molecule is CC1(C)c2ccccc2-c2ccc(N(c3cccc4c3-c3ccccc3C4(c3ccccc3)c3ccccc3)c3c(-c4ccccc4)cccc3-c3ccccc3)cc21. The fourth-order valence-electron chi connectivity index (χ4n) is 10.4. The van der Waals surface area contributed by atoms with E-state index in [0.29, 0.717) is 0 Å². The Hall–Kier alpha value is -7.22. The van der Waals surface area contributed by atoms with Crippen molar-refractivity contribution < 1.29 is 0 Å². The summed E-state index contributed by atoms with van der Waals surface area (Å²) < 4.78 is 0. The molecule has 0 radical (unpaired) electrons. The summed E-state index contributed by atoms with van der Waals surface area (Å²) in [6.07, 6.45) is 0. The normalized spacial score (nSPS) is 13.9. The molecule has 1 heteroatoms. The summed E-state index contributed by atoms with van der Waals surface area (Å²) in [4.78, 5) is 2.59. The van der Waals surface area contributed by atoms with Gasteiger partial charge in [-0.25, -0.2) is 0 Å². The van der Waals surface area contributed by atoms with E-state index in [1.165, 1.54) is 77.9 Å². The van der Waals surface area contributed by atoms with Gasteiger partial charge in [0.2, 0.25) is 0 Å². The molecular formula is C58H43N. The number of rotatable bonds is 7. The van der Waals surface area contributed by atoms with Gasteiger partial charge in [0, 0.05) is 27.8 Å². The molecule has 0 heterocycles. The molecule has 0 aromatic heterocycles. The van der Waals surface area contributed by atoms with Crippen molar-refractivity contribution >= 4 is 17.1 Å². The summed E-state index contributed by atoms with van der Waals surface area (Å²) in [5, 5.41) is 0. The summed E-state index contributed by atoms with van der Waals surface area (Å²) in [6, 6.07) is 83.1. The Kier molecular flexibility index (Phi) is 8.13. The van der Waals surface area contributed by atoms with Crippen LogP contribution in [-0.4, -0.2) is 0 Å². The number of benzene rings is 9. The highest BCUT2D eigenvalue weighted by Gasteiger charge is 2.47. The minimum Gasteiger partial charge on any atom is -0.309 e. The molecule has 0 N–H and O–H groups in total. The summed E-state index contributed by atoms with van der Waals surface area (Å²) in [5.41, 5.74) is 20.4. The zero-order valence-electron chi connectivity index (χ0n) is 33.3. The van der Waals surface area contributed by atoms with Crippen molar-refractivity contribution in [2.75, 3.05) is 4.90 Å². The van der Waals surface area contributed by atoms with Gasteiger partial charge in [-0.2, -0.15) is 0 Å². The van der Waals surface area contributed by atoms with Crippen LogP contribution in [0, 0.1) is 0 Å². The Morgan fingerprint density at radius 3 is 1.41 bits per heavy atom. The number of anilines is 3. The van der Waals surface area contributed by atoms with E-state index in [1.807, 2.05) is 0 Å². The van der Waals surface area contributed by atoms with Gasteiger partial charge in [-0.15, -0.1) is 0 Å². The molecule has 11 rings (SSSR count). The van der Waals surface area contributed by atoms with Crippen LogP contribution in [0.1, 0.15) is 47.2 Å². The van der Waals surface area contributed by atoms with Crippen LogP contribution in [-0.2, 0) is 10.8 Å². The van der Waals surface area contributed by atoms with Gasteiger partial charge < -0.3 is 4.90 Å². The first kappa shape index (κ1) is 35.0. The lowest BCUT2D eigenvalue weighted by atomic mass is 9.68. The first-order valence-electron chi connectivity index (χ1n) is 20.7. The highest BCUT2D eigenvalue weighted by atomic mass is 15.2. The molecule has 0 amide bonds. The molecule has 9 aromatic carbocycles. The molecule has 0 spiro atoms. The summed E-state index contributed by atoms with van der Waals surface area (Å²) in [7, 11) is 0.